The van der Waals surface area contributed by atoms with Crippen LogP contribution in [0.1, 0.15) is 252 Å². The quantitative estimate of drug-likeness (QED) is 0.0146. The van der Waals surface area contributed by atoms with Gasteiger partial charge in [0.05, 0.1) is 26.4 Å². The predicted octanol–water partition coefficient (Wildman–Crippen LogP) is 17.0. The predicted molar refractivity (Wildman–Crippen MR) is 334 cm³/mol. The minimum Gasteiger partial charge on any atom is -0.463 e. The molecule has 83 heavy (non-hydrogen) atoms. The van der Waals surface area contributed by atoms with Crippen LogP contribution in [0.3, 0.4) is 0 Å². The molecule has 0 spiro atoms. The molecule has 0 aromatic carbocycles. The highest BCUT2D eigenvalue weighted by Gasteiger charge is 2.29. The topological polar surface area (TPSA) is 231 Å². The number of rotatable bonds is 60. The minimum absolute atomic E-state index is 0.0868. The third-order valence-corrected chi connectivity index (χ3v) is 15.0. The summed E-state index contributed by atoms with van der Waals surface area (Å²) in [5.74, 6) is -1.61. The number of allylic oxidation sites excluding steroid dienone is 14. The smallest absolute Gasteiger partial charge is 0.463 e. The van der Waals surface area contributed by atoms with E-state index in [0.29, 0.717) is 19.3 Å². The van der Waals surface area contributed by atoms with Gasteiger partial charge in [-0.25, -0.2) is 9.13 Å². The molecule has 0 aliphatic heterocycles. The molecular formula is C65H114O16P2. The average Bonchev–Trinajstić information content (AvgIpc) is 3.46. The number of ether oxygens (including phenoxy) is 3. The van der Waals surface area contributed by atoms with Gasteiger partial charge in [0.2, 0.25) is 0 Å². The van der Waals surface area contributed by atoms with Crippen molar-refractivity contribution >= 4 is 33.6 Å². The van der Waals surface area contributed by atoms with Crippen molar-refractivity contribution in [3.05, 3.63) is 85.1 Å². The number of carbonyl (C=O) groups is 3. The van der Waals surface area contributed by atoms with E-state index < -0.39 is 91.5 Å². The number of unbranched alkanes of at least 4 members (excludes halogenated alkanes) is 23. The van der Waals surface area contributed by atoms with Gasteiger partial charge in [0.25, 0.3) is 0 Å². The average molecular weight is 1210 g/mol. The Balaban J connectivity index is 4.66. The summed E-state index contributed by atoms with van der Waals surface area (Å²) >= 11 is 0. The maximum Gasteiger partial charge on any atom is 0.472 e. The standard InChI is InChI=1S/C65H114O16P2/c1-4-7-10-13-16-19-22-25-27-28-29-30-32-35-36-39-42-45-48-51-63(68)75-54-60(66)55-77-82(71,72)78-56-61(67)57-79-83(73,74)80-59-62(81-65(70)53-50-47-44-41-38-33-24-21-18-15-12-9-6-3)58-76-64(69)52-49-46-43-40-37-34-31-26-23-20-17-14-11-8-5-2/h7,10,12,15-16,19,21,24-27,29-31,60-62,66-67H,4-6,8-9,11,13-14,17-18,20,22-23,28,32-59H2,1-3H3,(H,71,72)(H,73,74)/b10-7-,15-12-,19-16-,24-21-,27-25-,30-29-,31-26-. The molecule has 0 saturated heterocycles. The summed E-state index contributed by atoms with van der Waals surface area (Å²) < 4.78 is 60.7. The van der Waals surface area contributed by atoms with Gasteiger partial charge in [-0.15, -0.1) is 0 Å². The summed E-state index contributed by atoms with van der Waals surface area (Å²) in [5, 5.41) is 20.5. The lowest BCUT2D eigenvalue weighted by atomic mass is 10.1. The van der Waals surface area contributed by atoms with E-state index in [1.807, 2.05) is 0 Å². The Bertz CT molecular complexity index is 1860. The van der Waals surface area contributed by atoms with Crippen LogP contribution in [0.2, 0.25) is 0 Å². The molecule has 16 nitrogen and oxygen atoms in total. The van der Waals surface area contributed by atoms with Crippen LogP contribution in [0.15, 0.2) is 85.1 Å². The summed E-state index contributed by atoms with van der Waals surface area (Å²) in [6.07, 6.45) is 60.7. The molecule has 0 amide bonds. The van der Waals surface area contributed by atoms with Gasteiger partial charge >= 0.3 is 33.6 Å². The van der Waals surface area contributed by atoms with Gasteiger partial charge in [0.15, 0.2) is 6.10 Å². The molecular weight excluding hydrogens is 1100 g/mol. The number of hydrogen-bond acceptors (Lipinski definition) is 14. The SMILES string of the molecule is CC/C=C\C/C=C\C/C=C\C/C=C\CCCCCCCCC(=O)OCC(O)COP(=O)(O)OCC(O)COP(=O)(O)OCC(COC(=O)CCCCCCC/C=C\CCCCCCCC)OC(=O)CCCCCCC/C=C\C/C=C\CCC. The molecule has 4 N–H and O–H groups in total. The fraction of sp³-hybridized carbons (Fsp3) is 0.738. The first kappa shape index (κ1) is 79.7. The van der Waals surface area contributed by atoms with E-state index in [2.05, 4.69) is 106 Å². The van der Waals surface area contributed by atoms with Gasteiger partial charge in [-0.3, -0.25) is 32.5 Å². The zero-order valence-electron chi connectivity index (χ0n) is 51.6. The van der Waals surface area contributed by atoms with E-state index in [0.717, 1.165) is 154 Å². The molecule has 0 aromatic rings. The number of aliphatic hydroxyl groups excluding tert-OH is 2. The van der Waals surface area contributed by atoms with Gasteiger partial charge in [0.1, 0.15) is 25.4 Å². The second-order valence-electron chi connectivity index (χ2n) is 21.2. The van der Waals surface area contributed by atoms with Gasteiger partial charge in [0, 0.05) is 19.3 Å². The number of carbonyl (C=O) groups excluding carboxylic acids is 3. The van der Waals surface area contributed by atoms with Crippen LogP contribution in [0.25, 0.3) is 0 Å². The molecule has 0 aliphatic rings. The zero-order chi connectivity index (χ0) is 61.0. The molecule has 18 heteroatoms. The van der Waals surface area contributed by atoms with E-state index in [1.54, 1.807) is 0 Å². The molecule has 0 heterocycles. The van der Waals surface area contributed by atoms with E-state index in [4.69, 9.17) is 32.3 Å². The maximum absolute atomic E-state index is 12.9. The monoisotopic (exact) mass is 1210 g/mol. The molecule has 5 unspecified atom stereocenters. The maximum atomic E-state index is 12.9. The Labute approximate surface area is 502 Å². The highest BCUT2D eigenvalue weighted by Crippen LogP contribution is 2.45. The molecule has 0 radical (unpaired) electrons. The molecule has 0 bridgehead atoms. The van der Waals surface area contributed by atoms with E-state index in [1.165, 1.54) is 38.5 Å². The normalized spacial score (nSPS) is 14.9. The van der Waals surface area contributed by atoms with Crippen LogP contribution in [0.4, 0.5) is 0 Å². The Morgan fingerprint density at radius 2 is 0.663 bits per heavy atom. The van der Waals surface area contributed by atoms with Gasteiger partial charge in [-0.05, 0) is 109 Å². The largest absolute Gasteiger partial charge is 0.472 e. The van der Waals surface area contributed by atoms with Crippen LogP contribution in [0.5, 0.6) is 0 Å². The first-order chi connectivity index (χ1) is 40.2. The van der Waals surface area contributed by atoms with Crippen molar-refractivity contribution in [3.8, 4) is 0 Å². The van der Waals surface area contributed by atoms with Crippen molar-refractivity contribution in [2.24, 2.45) is 0 Å². The van der Waals surface area contributed by atoms with Crippen LogP contribution in [-0.2, 0) is 55.8 Å². The van der Waals surface area contributed by atoms with Crippen molar-refractivity contribution in [3.63, 3.8) is 0 Å². The molecule has 0 rings (SSSR count). The number of esters is 3. The van der Waals surface area contributed by atoms with Crippen molar-refractivity contribution in [2.45, 2.75) is 270 Å². The molecule has 5 atom stereocenters. The molecule has 0 aliphatic carbocycles. The van der Waals surface area contributed by atoms with Crippen molar-refractivity contribution in [2.75, 3.05) is 39.6 Å². The summed E-state index contributed by atoms with van der Waals surface area (Å²) in [7, 11) is -9.77. The zero-order valence-corrected chi connectivity index (χ0v) is 53.4. The van der Waals surface area contributed by atoms with Crippen molar-refractivity contribution in [1.82, 2.24) is 0 Å². The lowest BCUT2D eigenvalue weighted by molar-refractivity contribution is -0.161. The fourth-order valence-corrected chi connectivity index (χ4v) is 9.77. The van der Waals surface area contributed by atoms with Gasteiger partial charge in [-0.2, -0.15) is 0 Å². The number of phosphoric ester groups is 2. The minimum atomic E-state index is -4.92. The molecule has 0 saturated carbocycles. The number of phosphoric acid groups is 2. The molecule has 0 aromatic heterocycles. The Morgan fingerprint density at radius 1 is 0.349 bits per heavy atom. The molecule has 0 fully saturated rings. The van der Waals surface area contributed by atoms with Crippen molar-refractivity contribution < 1.29 is 75.8 Å². The Morgan fingerprint density at radius 3 is 1.07 bits per heavy atom. The van der Waals surface area contributed by atoms with Crippen LogP contribution in [0, 0.1) is 0 Å². The second-order valence-corrected chi connectivity index (χ2v) is 24.1. The lowest BCUT2D eigenvalue weighted by Crippen LogP contribution is -2.30. The second kappa shape index (κ2) is 59.1. The molecule has 480 valence electrons. The van der Waals surface area contributed by atoms with Crippen LogP contribution in [-0.4, -0.2) is 95.9 Å². The third kappa shape index (κ3) is 60.2. The van der Waals surface area contributed by atoms with Gasteiger partial charge < -0.3 is 34.2 Å². The highest BCUT2D eigenvalue weighted by atomic mass is 31.2. The Kier molecular flexibility index (Phi) is 56.8. The van der Waals surface area contributed by atoms with Crippen LogP contribution < -0.4 is 0 Å². The van der Waals surface area contributed by atoms with E-state index in [9.17, 15) is 43.5 Å². The third-order valence-electron chi connectivity index (χ3n) is 13.1. The summed E-state index contributed by atoms with van der Waals surface area (Å²) in [6, 6.07) is 0. The lowest BCUT2D eigenvalue weighted by Gasteiger charge is -2.21. The first-order valence-electron chi connectivity index (χ1n) is 31.9. The Hall–Kier alpha value is -3.27. The first-order valence-corrected chi connectivity index (χ1v) is 34.9. The summed E-state index contributed by atoms with van der Waals surface area (Å²) in [4.78, 5) is 58.2. The number of aliphatic hydroxyl groups is 2. The number of hydrogen-bond donors (Lipinski definition) is 4. The highest BCUT2D eigenvalue weighted by molar-refractivity contribution is 7.47. The van der Waals surface area contributed by atoms with E-state index in [-0.39, 0.29) is 19.3 Å². The fourth-order valence-electron chi connectivity index (χ4n) is 8.18. The van der Waals surface area contributed by atoms with Crippen LogP contribution >= 0.6 is 15.6 Å². The van der Waals surface area contributed by atoms with E-state index >= 15 is 0 Å². The summed E-state index contributed by atoms with van der Waals surface area (Å²) in [6.45, 7) is 2.43. The van der Waals surface area contributed by atoms with Crippen molar-refractivity contribution in [1.29, 1.82) is 0 Å². The van der Waals surface area contributed by atoms with Gasteiger partial charge in [-0.1, -0.05) is 209 Å². The summed E-state index contributed by atoms with van der Waals surface area (Å²) in [5.41, 5.74) is 0.